The maximum Gasteiger partial charge on any atom is 0.133 e. The molecule has 2 aromatic rings. The molecule has 0 saturated heterocycles. The van der Waals surface area contributed by atoms with Gasteiger partial charge in [-0.15, -0.1) is 11.8 Å². The van der Waals surface area contributed by atoms with Gasteiger partial charge in [0.2, 0.25) is 0 Å². The Bertz CT molecular complexity index is 542. The van der Waals surface area contributed by atoms with Crippen molar-refractivity contribution >= 4 is 27.7 Å². The van der Waals surface area contributed by atoms with E-state index in [9.17, 15) is 0 Å². The predicted molar refractivity (Wildman–Crippen MR) is 84.9 cm³/mol. The number of halogens is 1. The van der Waals surface area contributed by atoms with Crippen LogP contribution in [0.4, 0.5) is 0 Å². The molecule has 0 heterocycles. The number of benzene rings is 2. The van der Waals surface area contributed by atoms with Gasteiger partial charge in [0.1, 0.15) is 11.5 Å². The minimum Gasteiger partial charge on any atom is -0.457 e. The normalized spacial score (nSPS) is 10.5. The van der Waals surface area contributed by atoms with Crippen LogP contribution >= 0.6 is 27.7 Å². The van der Waals surface area contributed by atoms with E-state index in [-0.39, 0.29) is 0 Å². The second-order valence-electron chi connectivity index (χ2n) is 3.93. The number of rotatable bonds is 5. The van der Waals surface area contributed by atoms with Crippen molar-refractivity contribution in [2.45, 2.75) is 18.4 Å². The van der Waals surface area contributed by atoms with Gasteiger partial charge < -0.3 is 10.5 Å². The van der Waals surface area contributed by atoms with E-state index in [2.05, 4.69) is 28.9 Å². The molecule has 0 atom stereocenters. The van der Waals surface area contributed by atoms with Crippen molar-refractivity contribution in [1.29, 1.82) is 0 Å². The third-order valence-electron chi connectivity index (χ3n) is 2.64. The summed E-state index contributed by atoms with van der Waals surface area (Å²) in [4.78, 5) is 1.19. The van der Waals surface area contributed by atoms with Crippen LogP contribution in [0, 0.1) is 0 Å². The van der Waals surface area contributed by atoms with Gasteiger partial charge in [0.05, 0.1) is 0 Å². The van der Waals surface area contributed by atoms with Crippen LogP contribution in [-0.4, -0.2) is 5.75 Å². The van der Waals surface area contributed by atoms with Crippen LogP contribution in [0.3, 0.4) is 0 Å². The molecule has 19 heavy (non-hydrogen) atoms. The highest BCUT2D eigenvalue weighted by Gasteiger charge is 2.09. The van der Waals surface area contributed by atoms with Gasteiger partial charge in [0.15, 0.2) is 0 Å². The first-order valence-corrected chi connectivity index (χ1v) is 7.90. The van der Waals surface area contributed by atoms with E-state index in [1.165, 1.54) is 4.90 Å². The first kappa shape index (κ1) is 14.4. The number of ether oxygens (including phenoxy) is 1. The Kier molecular flexibility index (Phi) is 5.31. The van der Waals surface area contributed by atoms with Gasteiger partial charge in [0.25, 0.3) is 0 Å². The highest BCUT2D eigenvalue weighted by atomic mass is 79.9. The summed E-state index contributed by atoms with van der Waals surface area (Å²) in [5.41, 5.74) is 6.93. The minimum atomic E-state index is 0.481. The summed E-state index contributed by atoms with van der Waals surface area (Å²) in [6, 6.07) is 13.8. The SMILES string of the molecule is CCSc1cccc(Oc2ccc(Br)cc2)c1CN. The van der Waals surface area contributed by atoms with Gasteiger partial charge in [-0.1, -0.05) is 28.9 Å². The van der Waals surface area contributed by atoms with E-state index in [0.29, 0.717) is 6.54 Å². The second-order valence-corrected chi connectivity index (χ2v) is 6.15. The molecule has 0 spiro atoms. The third kappa shape index (κ3) is 3.75. The van der Waals surface area contributed by atoms with Crippen molar-refractivity contribution in [2.24, 2.45) is 5.73 Å². The molecule has 0 unspecified atom stereocenters. The first-order valence-electron chi connectivity index (χ1n) is 6.12. The maximum absolute atomic E-state index is 5.93. The molecule has 100 valence electrons. The number of hydrogen-bond acceptors (Lipinski definition) is 3. The summed E-state index contributed by atoms with van der Waals surface area (Å²) in [7, 11) is 0. The zero-order valence-electron chi connectivity index (χ0n) is 10.7. The molecule has 0 aliphatic heterocycles. The fraction of sp³-hybridized carbons (Fsp3) is 0.200. The van der Waals surface area contributed by atoms with Crippen molar-refractivity contribution < 1.29 is 4.74 Å². The van der Waals surface area contributed by atoms with E-state index in [4.69, 9.17) is 10.5 Å². The lowest BCUT2D eigenvalue weighted by Crippen LogP contribution is -2.01. The molecule has 0 fully saturated rings. The molecular weight excluding hydrogens is 322 g/mol. The van der Waals surface area contributed by atoms with Gasteiger partial charge in [-0.05, 0) is 42.2 Å². The molecule has 4 heteroatoms. The molecule has 2 N–H and O–H groups in total. The predicted octanol–water partition coefficient (Wildman–Crippen LogP) is 4.81. The van der Waals surface area contributed by atoms with Gasteiger partial charge in [-0.3, -0.25) is 0 Å². The monoisotopic (exact) mass is 337 g/mol. The highest BCUT2D eigenvalue weighted by Crippen LogP contribution is 2.32. The Hall–Kier alpha value is -0.970. The minimum absolute atomic E-state index is 0.481. The standard InChI is InChI=1S/C15H16BrNOS/c1-2-19-15-5-3-4-14(13(15)10-17)18-12-8-6-11(16)7-9-12/h3-9H,2,10,17H2,1H3. The summed E-state index contributed by atoms with van der Waals surface area (Å²) in [5, 5.41) is 0. The van der Waals surface area contributed by atoms with Crippen LogP contribution in [0.5, 0.6) is 11.5 Å². The van der Waals surface area contributed by atoms with Gasteiger partial charge in [-0.2, -0.15) is 0 Å². The van der Waals surface area contributed by atoms with E-state index < -0.39 is 0 Å². The molecule has 2 rings (SSSR count). The molecule has 0 aromatic heterocycles. The lowest BCUT2D eigenvalue weighted by Gasteiger charge is -2.13. The van der Waals surface area contributed by atoms with Crippen LogP contribution in [0.2, 0.25) is 0 Å². The second kappa shape index (κ2) is 6.98. The Morgan fingerprint density at radius 1 is 1.16 bits per heavy atom. The Morgan fingerprint density at radius 3 is 2.53 bits per heavy atom. The number of thioether (sulfide) groups is 1. The summed E-state index contributed by atoms with van der Waals surface area (Å²) in [6.45, 7) is 2.61. The smallest absolute Gasteiger partial charge is 0.133 e. The summed E-state index contributed by atoms with van der Waals surface area (Å²) < 4.78 is 6.96. The zero-order valence-corrected chi connectivity index (χ0v) is 13.1. The molecule has 2 aromatic carbocycles. The molecule has 0 aliphatic carbocycles. The largest absolute Gasteiger partial charge is 0.457 e. The lowest BCUT2D eigenvalue weighted by molar-refractivity contribution is 0.474. The van der Waals surface area contributed by atoms with Crippen LogP contribution in [0.1, 0.15) is 12.5 Å². The molecule has 0 bridgehead atoms. The van der Waals surface area contributed by atoms with Crippen molar-refractivity contribution in [3.05, 3.63) is 52.5 Å². The first-order chi connectivity index (χ1) is 9.24. The molecule has 0 radical (unpaired) electrons. The maximum atomic E-state index is 5.93. The fourth-order valence-electron chi connectivity index (χ4n) is 1.76. The van der Waals surface area contributed by atoms with Gasteiger partial charge >= 0.3 is 0 Å². The van der Waals surface area contributed by atoms with E-state index in [0.717, 1.165) is 27.3 Å². The van der Waals surface area contributed by atoms with E-state index in [1.54, 1.807) is 11.8 Å². The van der Waals surface area contributed by atoms with E-state index in [1.807, 2.05) is 36.4 Å². The Labute approximate surface area is 126 Å². The average molecular weight is 338 g/mol. The summed E-state index contributed by atoms with van der Waals surface area (Å²) in [5.74, 6) is 2.68. The molecule has 2 nitrogen and oxygen atoms in total. The van der Waals surface area contributed by atoms with Crippen molar-refractivity contribution in [3.8, 4) is 11.5 Å². The van der Waals surface area contributed by atoms with E-state index >= 15 is 0 Å². The highest BCUT2D eigenvalue weighted by molar-refractivity contribution is 9.10. The fourth-order valence-corrected chi connectivity index (χ4v) is 2.87. The number of nitrogens with two attached hydrogens (primary N) is 1. The Balaban J connectivity index is 2.28. The Morgan fingerprint density at radius 2 is 1.89 bits per heavy atom. The lowest BCUT2D eigenvalue weighted by atomic mass is 10.2. The molecular formula is C15H16BrNOS. The average Bonchev–Trinajstić information content (AvgIpc) is 2.42. The van der Waals surface area contributed by atoms with Crippen LogP contribution in [0.25, 0.3) is 0 Å². The quantitative estimate of drug-likeness (QED) is 0.795. The topological polar surface area (TPSA) is 35.2 Å². The summed E-state index contributed by atoms with van der Waals surface area (Å²) >= 11 is 5.20. The third-order valence-corrected chi connectivity index (χ3v) is 4.15. The van der Waals surface area contributed by atoms with Crippen molar-refractivity contribution in [2.75, 3.05) is 5.75 Å². The van der Waals surface area contributed by atoms with Crippen LogP contribution in [0.15, 0.2) is 51.8 Å². The zero-order chi connectivity index (χ0) is 13.7. The molecule has 0 aliphatic rings. The number of hydrogen-bond donors (Lipinski definition) is 1. The van der Waals surface area contributed by atoms with Gasteiger partial charge in [0, 0.05) is 21.5 Å². The molecule has 0 saturated carbocycles. The molecule has 0 amide bonds. The van der Waals surface area contributed by atoms with Crippen LogP contribution < -0.4 is 10.5 Å². The summed E-state index contributed by atoms with van der Waals surface area (Å²) in [6.07, 6.45) is 0. The van der Waals surface area contributed by atoms with Gasteiger partial charge in [-0.25, -0.2) is 0 Å². The van der Waals surface area contributed by atoms with Crippen LogP contribution in [-0.2, 0) is 6.54 Å². The van der Waals surface area contributed by atoms with Crippen molar-refractivity contribution in [1.82, 2.24) is 0 Å². The van der Waals surface area contributed by atoms with Crippen molar-refractivity contribution in [3.63, 3.8) is 0 Å².